The number of halogens is 3. The molecule has 1 N–H and O–H groups in total. The summed E-state index contributed by atoms with van der Waals surface area (Å²) in [6.45, 7) is 0.241. The van der Waals surface area contributed by atoms with Gasteiger partial charge in [-0.15, -0.1) is 0 Å². The molecule has 3 aromatic carbocycles. The first-order valence-corrected chi connectivity index (χ1v) is 10.8. The number of para-hydroxylation sites is 1. The van der Waals surface area contributed by atoms with E-state index >= 15 is 0 Å². The van der Waals surface area contributed by atoms with E-state index in [9.17, 15) is 9.59 Å². The lowest BCUT2D eigenvalue weighted by atomic mass is 10.1. The molecule has 1 fully saturated rings. The summed E-state index contributed by atoms with van der Waals surface area (Å²) in [7, 11) is 0. The predicted octanol–water partition coefficient (Wildman–Crippen LogP) is 5.80. The fourth-order valence-electron chi connectivity index (χ4n) is 3.03. The lowest BCUT2D eigenvalue weighted by Crippen LogP contribution is -2.35. The smallest absolute Gasteiger partial charge is 0.282 e. The minimum absolute atomic E-state index is 0.0151. The van der Waals surface area contributed by atoms with Crippen LogP contribution >= 0.6 is 39.1 Å². The molecule has 156 valence electrons. The Morgan fingerprint density at radius 3 is 2.48 bits per heavy atom. The number of benzene rings is 3. The van der Waals surface area contributed by atoms with Gasteiger partial charge in [0.15, 0.2) is 0 Å². The Balaban J connectivity index is 1.61. The van der Waals surface area contributed by atoms with Crippen molar-refractivity contribution < 1.29 is 14.3 Å². The molecule has 1 heterocycles. The maximum absolute atomic E-state index is 12.9. The van der Waals surface area contributed by atoms with Gasteiger partial charge in [-0.2, -0.15) is 0 Å². The van der Waals surface area contributed by atoms with Gasteiger partial charge in [0.1, 0.15) is 17.9 Å². The number of hydrazine groups is 1. The SMILES string of the molecule is O=C1NN(c2ccccc2)C(=O)C1=Cc1cc(Br)ccc1OCc1ccc(Cl)c(Cl)c1. The van der Waals surface area contributed by atoms with E-state index in [4.69, 9.17) is 27.9 Å². The number of hydrogen-bond donors (Lipinski definition) is 1. The Hall–Kier alpha value is -2.80. The van der Waals surface area contributed by atoms with Crippen molar-refractivity contribution in [1.82, 2.24) is 5.43 Å². The molecule has 0 atom stereocenters. The van der Waals surface area contributed by atoms with E-state index < -0.39 is 11.8 Å². The van der Waals surface area contributed by atoms with Crippen LogP contribution in [0, 0.1) is 0 Å². The Kier molecular flexibility index (Phi) is 6.32. The highest BCUT2D eigenvalue weighted by atomic mass is 79.9. The molecule has 2 amide bonds. The first kappa shape index (κ1) is 21.4. The molecule has 0 aliphatic carbocycles. The number of nitrogens with zero attached hydrogens (tertiary/aromatic N) is 1. The second kappa shape index (κ2) is 9.14. The van der Waals surface area contributed by atoms with Gasteiger partial charge in [0.25, 0.3) is 11.8 Å². The van der Waals surface area contributed by atoms with Gasteiger partial charge in [-0.1, -0.05) is 63.4 Å². The van der Waals surface area contributed by atoms with Crippen LogP contribution in [0.3, 0.4) is 0 Å². The zero-order valence-electron chi connectivity index (χ0n) is 15.9. The Labute approximate surface area is 197 Å². The molecular weight excluding hydrogens is 503 g/mol. The van der Waals surface area contributed by atoms with Gasteiger partial charge in [0.2, 0.25) is 0 Å². The Bertz CT molecular complexity index is 1200. The van der Waals surface area contributed by atoms with Crippen LogP contribution in [0.4, 0.5) is 5.69 Å². The zero-order valence-corrected chi connectivity index (χ0v) is 19.0. The summed E-state index contributed by atoms with van der Waals surface area (Å²) in [4.78, 5) is 25.4. The Morgan fingerprint density at radius 1 is 0.968 bits per heavy atom. The maximum Gasteiger partial charge on any atom is 0.282 e. The van der Waals surface area contributed by atoms with E-state index in [1.165, 1.54) is 11.1 Å². The van der Waals surface area contributed by atoms with Crippen LogP contribution in [0.5, 0.6) is 5.75 Å². The number of rotatable bonds is 5. The van der Waals surface area contributed by atoms with Gasteiger partial charge < -0.3 is 4.74 Å². The largest absolute Gasteiger partial charge is 0.488 e. The molecule has 1 saturated heterocycles. The molecular formula is C23H15BrCl2N2O3. The van der Waals surface area contributed by atoms with Crippen molar-refractivity contribution in [3.05, 3.63) is 97.9 Å². The highest BCUT2D eigenvalue weighted by molar-refractivity contribution is 9.10. The van der Waals surface area contributed by atoms with Crippen molar-refractivity contribution in [1.29, 1.82) is 0 Å². The summed E-state index contributed by atoms with van der Waals surface area (Å²) in [5.74, 6) is -0.406. The van der Waals surface area contributed by atoms with Crippen molar-refractivity contribution in [2.45, 2.75) is 6.61 Å². The molecule has 1 aliphatic heterocycles. The van der Waals surface area contributed by atoms with E-state index in [0.717, 1.165) is 10.0 Å². The number of amides is 2. The minimum Gasteiger partial charge on any atom is -0.488 e. The highest BCUT2D eigenvalue weighted by Crippen LogP contribution is 2.29. The van der Waals surface area contributed by atoms with Gasteiger partial charge in [-0.05, 0) is 54.1 Å². The van der Waals surface area contributed by atoms with Gasteiger partial charge >= 0.3 is 0 Å². The molecule has 31 heavy (non-hydrogen) atoms. The van der Waals surface area contributed by atoms with Crippen LogP contribution < -0.4 is 15.2 Å². The first-order valence-electron chi connectivity index (χ1n) is 9.21. The lowest BCUT2D eigenvalue weighted by Gasteiger charge is -2.14. The third-order valence-corrected chi connectivity index (χ3v) is 5.79. The fraction of sp³-hybridized carbons (Fsp3) is 0.0435. The van der Waals surface area contributed by atoms with E-state index in [0.29, 0.717) is 27.0 Å². The van der Waals surface area contributed by atoms with E-state index in [1.807, 2.05) is 18.2 Å². The summed E-state index contributed by atoms with van der Waals surface area (Å²) in [5.41, 5.74) is 4.60. The third kappa shape index (κ3) is 4.77. The monoisotopic (exact) mass is 516 g/mol. The minimum atomic E-state index is -0.482. The summed E-state index contributed by atoms with van der Waals surface area (Å²) in [6, 6.07) is 19.5. The fourth-order valence-corrected chi connectivity index (χ4v) is 3.73. The number of carbonyl (C=O) groups excluding carboxylic acids is 2. The van der Waals surface area contributed by atoms with Crippen molar-refractivity contribution in [3.63, 3.8) is 0 Å². The molecule has 4 rings (SSSR count). The van der Waals surface area contributed by atoms with Crippen molar-refractivity contribution in [2.75, 3.05) is 5.01 Å². The van der Waals surface area contributed by atoms with Gasteiger partial charge in [0, 0.05) is 10.0 Å². The average Bonchev–Trinajstić information content (AvgIpc) is 3.04. The quantitative estimate of drug-likeness (QED) is 0.344. The predicted molar refractivity (Wildman–Crippen MR) is 125 cm³/mol. The molecule has 0 unspecified atom stereocenters. The van der Waals surface area contributed by atoms with Gasteiger partial charge in [-0.25, -0.2) is 5.01 Å². The van der Waals surface area contributed by atoms with Crippen LogP contribution in [0.15, 0.2) is 76.8 Å². The maximum atomic E-state index is 12.9. The molecule has 0 saturated carbocycles. The van der Waals surface area contributed by atoms with Crippen LogP contribution in [-0.4, -0.2) is 11.8 Å². The summed E-state index contributed by atoms with van der Waals surface area (Å²) in [6.07, 6.45) is 1.52. The van der Waals surface area contributed by atoms with Crippen LogP contribution in [-0.2, 0) is 16.2 Å². The molecule has 3 aromatic rings. The normalized spacial score (nSPS) is 14.8. The van der Waals surface area contributed by atoms with Crippen molar-refractivity contribution in [3.8, 4) is 5.75 Å². The number of ether oxygens (including phenoxy) is 1. The van der Waals surface area contributed by atoms with Crippen LogP contribution in [0.1, 0.15) is 11.1 Å². The summed E-state index contributed by atoms with van der Waals surface area (Å²) in [5, 5.41) is 2.13. The highest BCUT2D eigenvalue weighted by Gasteiger charge is 2.34. The zero-order chi connectivity index (χ0) is 22.0. The molecule has 0 aromatic heterocycles. The van der Waals surface area contributed by atoms with Crippen molar-refractivity contribution >= 4 is 62.7 Å². The summed E-state index contributed by atoms with van der Waals surface area (Å²) >= 11 is 15.5. The van der Waals surface area contributed by atoms with E-state index in [-0.39, 0.29) is 12.2 Å². The lowest BCUT2D eigenvalue weighted by molar-refractivity contribution is -0.117. The number of hydrogen-bond acceptors (Lipinski definition) is 3. The third-order valence-electron chi connectivity index (χ3n) is 4.56. The van der Waals surface area contributed by atoms with E-state index in [1.54, 1.807) is 48.5 Å². The standard InChI is InChI=1S/C23H15BrCl2N2O3/c24-16-7-9-21(31-13-14-6-8-19(25)20(26)10-14)15(11-16)12-18-22(29)27-28(23(18)30)17-4-2-1-3-5-17/h1-12H,13H2,(H,27,29). The van der Waals surface area contributed by atoms with E-state index in [2.05, 4.69) is 21.4 Å². The molecule has 0 spiro atoms. The molecule has 1 aliphatic rings. The molecule has 5 nitrogen and oxygen atoms in total. The van der Waals surface area contributed by atoms with Gasteiger partial charge in [-0.3, -0.25) is 15.0 Å². The molecule has 8 heteroatoms. The second-order valence-corrected chi connectivity index (χ2v) is 8.42. The van der Waals surface area contributed by atoms with Crippen LogP contribution in [0.25, 0.3) is 6.08 Å². The van der Waals surface area contributed by atoms with Gasteiger partial charge in [0.05, 0.1) is 15.7 Å². The van der Waals surface area contributed by atoms with Crippen molar-refractivity contribution in [2.24, 2.45) is 0 Å². The Morgan fingerprint density at radius 2 is 1.74 bits per heavy atom. The average molecular weight is 518 g/mol. The van der Waals surface area contributed by atoms with Crippen LogP contribution in [0.2, 0.25) is 10.0 Å². The second-order valence-electron chi connectivity index (χ2n) is 6.69. The number of anilines is 1. The number of nitrogens with one attached hydrogen (secondary N) is 1. The molecule has 0 bridgehead atoms. The first-order chi connectivity index (χ1) is 14.9. The topological polar surface area (TPSA) is 58.6 Å². The molecule has 0 radical (unpaired) electrons. The summed E-state index contributed by atoms with van der Waals surface area (Å²) < 4.78 is 6.73. The number of carbonyl (C=O) groups is 2.